The molecule has 0 saturated heterocycles. The Morgan fingerprint density at radius 2 is 2.31 bits per heavy atom. The third-order valence-corrected chi connectivity index (χ3v) is 2.73. The summed E-state index contributed by atoms with van der Waals surface area (Å²) in [6.45, 7) is 0. The number of hydrogen-bond donors (Lipinski definition) is 1. The quantitative estimate of drug-likeness (QED) is 0.708. The van der Waals surface area contributed by atoms with Gasteiger partial charge < -0.3 is 4.74 Å². The highest BCUT2D eigenvalue weighted by atomic mass is 32.1. The first-order chi connectivity index (χ1) is 6.36. The second kappa shape index (κ2) is 3.46. The van der Waals surface area contributed by atoms with Crippen LogP contribution >= 0.6 is 12.6 Å². The fourth-order valence-electron chi connectivity index (χ4n) is 1.76. The van der Waals surface area contributed by atoms with Gasteiger partial charge in [-0.15, -0.1) is 0 Å². The molecule has 13 heavy (non-hydrogen) atoms. The zero-order chi connectivity index (χ0) is 9.26. The van der Waals surface area contributed by atoms with Gasteiger partial charge in [0.15, 0.2) is 0 Å². The zero-order valence-corrected chi connectivity index (χ0v) is 8.47. The summed E-state index contributed by atoms with van der Waals surface area (Å²) >= 11 is 4.30. The van der Waals surface area contributed by atoms with Crippen molar-refractivity contribution in [3.05, 3.63) is 35.4 Å². The van der Waals surface area contributed by atoms with Crippen LogP contribution in [0.25, 0.3) is 5.57 Å². The van der Waals surface area contributed by atoms with Crippen molar-refractivity contribution < 1.29 is 4.74 Å². The molecule has 1 aliphatic carbocycles. The van der Waals surface area contributed by atoms with Crippen LogP contribution in [0, 0.1) is 0 Å². The van der Waals surface area contributed by atoms with Crippen LogP contribution in [0.2, 0.25) is 0 Å². The van der Waals surface area contributed by atoms with Crippen molar-refractivity contribution >= 4 is 18.2 Å². The molecular weight excluding hydrogens is 180 g/mol. The fourth-order valence-corrected chi connectivity index (χ4v) is 2.05. The number of benzene rings is 1. The Bertz CT molecular complexity index is 355. The molecule has 0 fully saturated rings. The predicted molar refractivity (Wildman–Crippen MR) is 58.5 cm³/mol. The summed E-state index contributed by atoms with van der Waals surface area (Å²) in [5.74, 6) is 1.75. The summed E-state index contributed by atoms with van der Waals surface area (Å²) in [6.07, 6.45) is 3.24. The monoisotopic (exact) mass is 192 g/mol. The molecule has 0 saturated carbocycles. The van der Waals surface area contributed by atoms with Crippen molar-refractivity contribution in [2.75, 3.05) is 12.9 Å². The van der Waals surface area contributed by atoms with Gasteiger partial charge in [-0.25, -0.2) is 0 Å². The molecule has 1 nitrogen and oxygen atoms in total. The van der Waals surface area contributed by atoms with Gasteiger partial charge in [0.25, 0.3) is 0 Å². The maximum Gasteiger partial charge on any atom is 0.126 e. The first-order valence-electron chi connectivity index (χ1n) is 4.33. The Hall–Kier alpha value is -0.890. The molecule has 1 aliphatic rings. The minimum absolute atomic E-state index is 0.785. The van der Waals surface area contributed by atoms with Crippen LogP contribution in [0.4, 0.5) is 0 Å². The second-order valence-electron chi connectivity index (χ2n) is 3.09. The number of ether oxygens (including phenoxy) is 1. The Morgan fingerprint density at radius 3 is 3.00 bits per heavy atom. The lowest BCUT2D eigenvalue weighted by atomic mass is 10.1. The largest absolute Gasteiger partial charge is 0.496 e. The molecule has 0 bridgehead atoms. The van der Waals surface area contributed by atoms with Gasteiger partial charge in [0.2, 0.25) is 0 Å². The molecule has 2 heteroatoms. The van der Waals surface area contributed by atoms with Crippen molar-refractivity contribution in [3.63, 3.8) is 0 Å². The van der Waals surface area contributed by atoms with E-state index in [2.05, 4.69) is 24.8 Å². The average molecular weight is 192 g/mol. The van der Waals surface area contributed by atoms with E-state index in [1.807, 2.05) is 12.1 Å². The van der Waals surface area contributed by atoms with Crippen molar-refractivity contribution in [3.8, 4) is 5.75 Å². The summed E-state index contributed by atoms with van der Waals surface area (Å²) in [5, 5.41) is 0. The minimum Gasteiger partial charge on any atom is -0.496 e. The number of fused-ring (bicyclic) bond motifs is 1. The number of allylic oxidation sites excluding steroid dienone is 1. The van der Waals surface area contributed by atoms with Crippen molar-refractivity contribution in [2.24, 2.45) is 0 Å². The minimum atomic E-state index is 0.785. The lowest BCUT2D eigenvalue weighted by molar-refractivity contribution is 0.413. The highest BCUT2D eigenvalue weighted by Gasteiger charge is 2.16. The van der Waals surface area contributed by atoms with Crippen LogP contribution < -0.4 is 4.74 Å². The molecule has 0 aromatic heterocycles. The molecule has 68 valence electrons. The lowest BCUT2D eigenvalue weighted by Gasteiger charge is -2.09. The SMILES string of the molecule is COc1cccc2c1C(CS)=CC2. The first kappa shape index (κ1) is 8.70. The molecule has 0 spiro atoms. The van der Waals surface area contributed by atoms with Crippen molar-refractivity contribution in [1.82, 2.24) is 0 Å². The van der Waals surface area contributed by atoms with E-state index in [9.17, 15) is 0 Å². The van der Waals surface area contributed by atoms with Gasteiger partial charge in [0.05, 0.1) is 7.11 Å². The maximum atomic E-state index is 5.31. The number of methoxy groups -OCH3 is 1. The lowest BCUT2D eigenvalue weighted by Crippen LogP contribution is -1.92. The van der Waals surface area contributed by atoms with Gasteiger partial charge in [-0.2, -0.15) is 12.6 Å². The van der Waals surface area contributed by atoms with Crippen LogP contribution in [0.5, 0.6) is 5.75 Å². The molecule has 0 atom stereocenters. The van der Waals surface area contributed by atoms with E-state index in [1.54, 1.807) is 7.11 Å². The molecule has 0 radical (unpaired) electrons. The molecular formula is C11H12OS. The Morgan fingerprint density at radius 1 is 1.46 bits per heavy atom. The standard InChI is InChI=1S/C11H12OS/c1-12-10-4-2-3-8-5-6-9(7-13)11(8)10/h2-4,6,13H,5,7H2,1H3. The third kappa shape index (κ3) is 1.35. The third-order valence-electron chi connectivity index (χ3n) is 2.39. The van der Waals surface area contributed by atoms with E-state index in [-0.39, 0.29) is 0 Å². The van der Waals surface area contributed by atoms with E-state index >= 15 is 0 Å². The van der Waals surface area contributed by atoms with E-state index in [1.165, 1.54) is 16.7 Å². The van der Waals surface area contributed by atoms with Crippen LogP contribution in [0.3, 0.4) is 0 Å². The summed E-state index contributed by atoms with van der Waals surface area (Å²) in [6, 6.07) is 6.18. The summed E-state index contributed by atoms with van der Waals surface area (Å²) in [7, 11) is 1.71. The highest BCUT2D eigenvalue weighted by molar-refractivity contribution is 7.80. The van der Waals surface area contributed by atoms with Gasteiger partial charge in [-0.1, -0.05) is 18.2 Å². The van der Waals surface area contributed by atoms with Gasteiger partial charge in [0.1, 0.15) is 5.75 Å². The summed E-state index contributed by atoms with van der Waals surface area (Å²) in [4.78, 5) is 0. The molecule has 0 amide bonds. The molecule has 0 unspecified atom stereocenters. The molecule has 1 aromatic carbocycles. The van der Waals surface area contributed by atoms with Gasteiger partial charge >= 0.3 is 0 Å². The topological polar surface area (TPSA) is 9.23 Å². The summed E-state index contributed by atoms with van der Waals surface area (Å²) < 4.78 is 5.31. The number of rotatable bonds is 2. The molecule has 0 aliphatic heterocycles. The Kier molecular flexibility index (Phi) is 2.32. The molecule has 0 N–H and O–H groups in total. The summed E-state index contributed by atoms with van der Waals surface area (Å²) in [5.41, 5.74) is 3.89. The van der Waals surface area contributed by atoms with Gasteiger partial charge in [-0.05, 0) is 23.6 Å². The Balaban J connectivity index is 2.53. The van der Waals surface area contributed by atoms with Gasteiger partial charge in [-0.3, -0.25) is 0 Å². The van der Waals surface area contributed by atoms with Gasteiger partial charge in [0, 0.05) is 11.3 Å². The van der Waals surface area contributed by atoms with E-state index < -0.39 is 0 Å². The fraction of sp³-hybridized carbons (Fsp3) is 0.273. The molecule has 1 aromatic rings. The van der Waals surface area contributed by atoms with Crippen molar-refractivity contribution in [2.45, 2.75) is 6.42 Å². The average Bonchev–Trinajstić information content (AvgIpc) is 2.60. The Labute approximate surface area is 83.8 Å². The van der Waals surface area contributed by atoms with Crippen LogP contribution in [-0.2, 0) is 6.42 Å². The molecule has 0 heterocycles. The highest BCUT2D eigenvalue weighted by Crippen LogP contribution is 2.35. The smallest absolute Gasteiger partial charge is 0.126 e. The predicted octanol–water partition coefficient (Wildman–Crippen LogP) is 2.56. The number of thiol groups is 1. The van der Waals surface area contributed by atoms with Crippen LogP contribution in [0.15, 0.2) is 24.3 Å². The first-order valence-corrected chi connectivity index (χ1v) is 4.96. The normalized spacial score (nSPS) is 13.8. The second-order valence-corrected chi connectivity index (χ2v) is 3.40. The zero-order valence-electron chi connectivity index (χ0n) is 7.58. The van der Waals surface area contributed by atoms with E-state index in [0.29, 0.717) is 0 Å². The maximum absolute atomic E-state index is 5.31. The van der Waals surface area contributed by atoms with Crippen LogP contribution in [0.1, 0.15) is 11.1 Å². The van der Waals surface area contributed by atoms with Crippen LogP contribution in [-0.4, -0.2) is 12.9 Å². The number of hydrogen-bond acceptors (Lipinski definition) is 2. The van der Waals surface area contributed by atoms with E-state index in [4.69, 9.17) is 4.74 Å². The van der Waals surface area contributed by atoms with Crippen molar-refractivity contribution in [1.29, 1.82) is 0 Å². The molecule has 2 rings (SSSR count). The van der Waals surface area contributed by atoms with E-state index in [0.717, 1.165) is 17.9 Å².